The molecule has 92 valence electrons. The molecule has 1 aromatic carbocycles. The van der Waals surface area contributed by atoms with Crippen molar-refractivity contribution in [2.75, 3.05) is 6.54 Å². The highest BCUT2D eigenvalue weighted by molar-refractivity contribution is 5.19. The van der Waals surface area contributed by atoms with Crippen LogP contribution < -0.4 is 5.73 Å². The van der Waals surface area contributed by atoms with Gasteiger partial charge in [-0.3, -0.25) is 4.90 Å². The van der Waals surface area contributed by atoms with Crippen LogP contribution in [0.3, 0.4) is 0 Å². The van der Waals surface area contributed by atoms with Crippen LogP contribution in [0.15, 0.2) is 30.3 Å². The number of likely N-dealkylation sites (tertiary alicyclic amines) is 1. The minimum absolute atomic E-state index is 0.397. The first-order valence-electron chi connectivity index (χ1n) is 6.83. The van der Waals surface area contributed by atoms with Crippen LogP contribution in [0.4, 0.5) is 0 Å². The third-order valence-corrected chi connectivity index (χ3v) is 4.71. The van der Waals surface area contributed by atoms with Crippen molar-refractivity contribution in [1.29, 1.82) is 0 Å². The molecule has 3 unspecified atom stereocenters. The molecule has 3 rings (SSSR count). The number of fused-ring (bicyclic) bond motifs is 1. The van der Waals surface area contributed by atoms with E-state index >= 15 is 0 Å². The van der Waals surface area contributed by atoms with Crippen molar-refractivity contribution in [3.8, 4) is 0 Å². The molecule has 1 aliphatic heterocycles. The lowest BCUT2D eigenvalue weighted by Crippen LogP contribution is -2.43. The average Bonchev–Trinajstić information content (AvgIpc) is 2.93. The summed E-state index contributed by atoms with van der Waals surface area (Å²) in [6.45, 7) is 3.54. The summed E-state index contributed by atoms with van der Waals surface area (Å²) >= 11 is 0. The van der Waals surface area contributed by atoms with Crippen LogP contribution in [0.1, 0.15) is 37.8 Å². The molecule has 2 N–H and O–H groups in total. The van der Waals surface area contributed by atoms with Crippen molar-refractivity contribution < 1.29 is 0 Å². The van der Waals surface area contributed by atoms with Gasteiger partial charge in [-0.15, -0.1) is 0 Å². The maximum atomic E-state index is 6.28. The Morgan fingerprint density at radius 3 is 2.71 bits per heavy atom. The molecule has 1 heterocycles. The Morgan fingerprint density at radius 1 is 1.18 bits per heavy atom. The summed E-state index contributed by atoms with van der Waals surface area (Å²) in [5.41, 5.74) is 7.71. The molecule has 0 amide bonds. The van der Waals surface area contributed by atoms with Gasteiger partial charge in [-0.1, -0.05) is 30.3 Å². The lowest BCUT2D eigenvalue weighted by molar-refractivity contribution is 0.170. The second-order valence-corrected chi connectivity index (χ2v) is 5.61. The van der Waals surface area contributed by atoms with Gasteiger partial charge >= 0.3 is 0 Å². The van der Waals surface area contributed by atoms with Crippen molar-refractivity contribution >= 4 is 0 Å². The van der Waals surface area contributed by atoms with Gasteiger partial charge in [0.1, 0.15) is 0 Å². The van der Waals surface area contributed by atoms with E-state index in [0.29, 0.717) is 18.1 Å². The lowest BCUT2D eigenvalue weighted by atomic mass is 10.0. The zero-order valence-electron chi connectivity index (χ0n) is 10.5. The van der Waals surface area contributed by atoms with E-state index in [1.165, 1.54) is 31.4 Å². The smallest absolute Gasteiger partial charge is 0.0323 e. The van der Waals surface area contributed by atoms with E-state index in [1.54, 1.807) is 0 Å². The molecule has 2 heteroatoms. The first kappa shape index (κ1) is 11.2. The first-order chi connectivity index (χ1) is 8.27. The summed E-state index contributed by atoms with van der Waals surface area (Å²) in [6, 6.07) is 12.4. The molecule has 4 atom stereocenters. The van der Waals surface area contributed by atoms with Crippen molar-refractivity contribution in [1.82, 2.24) is 4.90 Å². The molecule has 17 heavy (non-hydrogen) atoms. The summed E-state index contributed by atoms with van der Waals surface area (Å²) in [7, 11) is 0. The number of hydrogen-bond acceptors (Lipinski definition) is 2. The third-order valence-electron chi connectivity index (χ3n) is 4.71. The van der Waals surface area contributed by atoms with Gasteiger partial charge in [-0.05, 0) is 44.2 Å². The normalized spacial score (nSPS) is 34.8. The molecular formula is C15H22N2. The maximum Gasteiger partial charge on any atom is 0.0323 e. The minimum atomic E-state index is 0.397. The third kappa shape index (κ3) is 1.90. The Kier molecular flexibility index (Phi) is 2.93. The summed E-state index contributed by atoms with van der Waals surface area (Å²) in [5.74, 6) is 0.858. The number of benzene rings is 1. The van der Waals surface area contributed by atoms with E-state index in [0.717, 1.165) is 5.92 Å². The molecule has 2 aliphatic rings. The van der Waals surface area contributed by atoms with Crippen LogP contribution in [-0.2, 0) is 0 Å². The Hall–Kier alpha value is -0.860. The van der Waals surface area contributed by atoms with Crippen LogP contribution in [0.25, 0.3) is 0 Å². The van der Waals surface area contributed by atoms with E-state index in [1.807, 2.05) is 0 Å². The molecule has 0 radical (unpaired) electrons. The van der Waals surface area contributed by atoms with E-state index < -0.39 is 0 Å². The van der Waals surface area contributed by atoms with Crippen LogP contribution in [0.5, 0.6) is 0 Å². The van der Waals surface area contributed by atoms with E-state index in [9.17, 15) is 0 Å². The van der Waals surface area contributed by atoms with Crippen LogP contribution in [-0.4, -0.2) is 23.5 Å². The summed E-state index contributed by atoms with van der Waals surface area (Å²) in [5, 5.41) is 0. The van der Waals surface area contributed by atoms with Gasteiger partial charge in [-0.25, -0.2) is 0 Å². The fourth-order valence-electron chi connectivity index (χ4n) is 3.77. The molecule has 0 spiro atoms. The molecule has 2 fully saturated rings. The highest BCUT2D eigenvalue weighted by Crippen LogP contribution is 2.41. The highest BCUT2D eigenvalue weighted by Gasteiger charge is 2.44. The highest BCUT2D eigenvalue weighted by atomic mass is 15.2. The van der Waals surface area contributed by atoms with Crippen LogP contribution in [0.2, 0.25) is 0 Å². The standard InChI is InChI=1S/C15H22N2/c1-11(12-5-3-2-4-6-12)17-10-9-13-7-8-14(16)15(13)17/h2-6,11,13-15H,7-10,16H2,1H3/t11-,13?,14?,15?/m1/s1. The Balaban J connectivity index is 1.81. The van der Waals surface area contributed by atoms with E-state index in [2.05, 4.69) is 42.2 Å². The van der Waals surface area contributed by atoms with Crippen molar-refractivity contribution in [2.45, 2.75) is 44.3 Å². The molecule has 1 saturated heterocycles. The zero-order valence-corrected chi connectivity index (χ0v) is 10.5. The number of hydrogen-bond donors (Lipinski definition) is 1. The predicted octanol–water partition coefficient (Wildman–Crippen LogP) is 2.56. The Labute approximate surface area is 104 Å². The summed E-state index contributed by atoms with van der Waals surface area (Å²) < 4.78 is 0. The number of nitrogens with zero attached hydrogens (tertiary/aromatic N) is 1. The van der Waals surface area contributed by atoms with E-state index in [4.69, 9.17) is 5.73 Å². The molecule has 1 saturated carbocycles. The fraction of sp³-hybridized carbons (Fsp3) is 0.600. The van der Waals surface area contributed by atoms with Crippen molar-refractivity contribution in [2.24, 2.45) is 11.7 Å². The van der Waals surface area contributed by atoms with E-state index in [-0.39, 0.29) is 0 Å². The number of rotatable bonds is 2. The largest absolute Gasteiger partial charge is 0.326 e. The zero-order chi connectivity index (χ0) is 11.8. The SMILES string of the molecule is C[C@H](c1ccccc1)N1CCC2CCC(N)C21. The predicted molar refractivity (Wildman–Crippen MR) is 70.7 cm³/mol. The number of nitrogens with two attached hydrogens (primary N) is 1. The van der Waals surface area contributed by atoms with Gasteiger partial charge < -0.3 is 5.73 Å². The lowest BCUT2D eigenvalue weighted by Gasteiger charge is -2.33. The minimum Gasteiger partial charge on any atom is -0.326 e. The van der Waals surface area contributed by atoms with Gasteiger partial charge in [0.05, 0.1) is 0 Å². The monoisotopic (exact) mass is 230 g/mol. The van der Waals surface area contributed by atoms with Crippen LogP contribution >= 0.6 is 0 Å². The Bertz CT molecular complexity index is 376. The van der Waals surface area contributed by atoms with Crippen molar-refractivity contribution in [3.63, 3.8) is 0 Å². The summed E-state index contributed by atoms with van der Waals surface area (Å²) in [6.07, 6.45) is 3.90. The van der Waals surface area contributed by atoms with Crippen molar-refractivity contribution in [3.05, 3.63) is 35.9 Å². The average molecular weight is 230 g/mol. The topological polar surface area (TPSA) is 29.3 Å². The Morgan fingerprint density at radius 2 is 1.94 bits per heavy atom. The fourth-order valence-corrected chi connectivity index (χ4v) is 3.77. The van der Waals surface area contributed by atoms with Gasteiger partial charge in [0.2, 0.25) is 0 Å². The first-order valence-corrected chi connectivity index (χ1v) is 6.83. The molecule has 0 aromatic heterocycles. The second kappa shape index (κ2) is 4.43. The molecule has 1 aliphatic carbocycles. The maximum absolute atomic E-state index is 6.28. The van der Waals surface area contributed by atoms with Gasteiger partial charge in [0.25, 0.3) is 0 Å². The molecule has 2 nitrogen and oxygen atoms in total. The van der Waals surface area contributed by atoms with Gasteiger partial charge in [0.15, 0.2) is 0 Å². The molecule has 1 aromatic rings. The molecular weight excluding hydrogens is 208 g/mol. The second-order valence-electron chi connectivity index (χ2n) is 5.61. The quantitative estimate of drug-likeness (QED) is 0.846. The summed E-state index contributed by atoms with van der Waals surface area (Å²) in [4.78, 5) is 2.64. The van der Waals surface area contributed by atoms with Crippen LogP contribution in [0, 0.1) is 5.92 Å². The molecule has 0 bridgehead atoms. The van der Waals surface area contributed by atoms with Gasteiger partial charge in [0, 0.05) is 18.1 Å². The van der Waals surface area contributed by atoms with Gasteiger partial charge in [-0.2, -0.15) is 0 Å².